The first-order chi connectivity index (χ1) is 15.8. The molecular weight excluding hydrogens is 452 g/mol. The zero-order chi connectivity index (χ0) is 23.0. The third kappa shape index (κ3) is 3.23. The van der Waals surface area contributed by atoms with Crippen LogP contribution >= 0.6 is 11.6 Å². The Labute approximate surface area is 193 Å². The van der Waals surface area contributed by atoms with E-state index in [9.17, 15) is 18.7 Å². The van der Waals surface area contributed by atoms with Crippen molar-refractivity contribution in [2.24, 2.45) is 0 Å². The lowest BCUT2D eigenvalue weighted by atomic mass is 9.44. The Kier molecular flexibility index (Phi) is 4.38. The summed E-state index contributed by atoms with van der Waals surface area (Å²) in [5, 5.41) is 14.0. The SMILES string of the molecule is O=C(NC12CC(n3cnc(-c4ccc(F)c(F)c4)c3)(C1)C2)C1CC(O)c2cc(Cl)ccc2O1. The second-order valence-electron chi connectivity index (χ2n) is 9.36. The Morgan fingerprint density at radius 3 is 2.73 bits per heavy atom. The third-order valence-corrected chi connectivity index (χ3v) is 7.30. The highest BCUT2D eigenvalue weighted by Gasteiger charge is 2.70. The predicted molar refractivity (Wildman–Crippen MR) is 116 cm³/mol. The summed E-state index contributed by atoms with van der Waals surface area (Å²) in [5.74, 6) is -1.57. The number of benzene rings is 2. The van der Waals surface area contributed by atoms with Crippen molar-refractivity contribution < 1.29 is 23.4 Å². The van der Waals surface area contributed by atoms with Crippen LogP contribution in [0.1, 0.15) is 37.4 Å². The molecule has 2 unspecified atom stereocenters. The Hall–Kier alpha value is -2.97. The van der Waals surface area contributed by atoms with Crippen LogP contribution in [0.5, 0.6) is 5.75 Å². The number of aliphatic hydroxyl groups is 1. The maximum Gasteiger partial charge on any atom is 0.261 e. The fourth-order valence-corrected chi connectivity index (χ4v) is 5.63. The molecule has 4 aliphatic rings. The first-order valence-corrected chi connectivity index (χ1v) is 11.1. The largest absolute Gasteiger partial charge is 0.480 e. The maximum absolute atomic E-state index is 13.6. The predicted octanol–water partition coefficient (Wildman–Crippen LogP) is 4.11. The first kappa shape index (κ1) is 20.6. The number of nitrogens with one attached hydrogen (secondary N) is 1. The normalized spacial score (nSPS) is 29.3. The van der Waals surface area contributed by atoms with Crippen molar-refractivity contribution in [2.75, 3.05) is 0 Å². The number of aliphatic hydroxyl groups excluding tert-OH is 1. The molecule has 0 saturated heterocycles. The highest BCUT2D eigenvalue weighted by molar-refractivity contribution is 6.30. The molecule has 1 amide bonds. The van der Waals surface area contributed by atoms with E-state index in [1.807, 2.05) is 10.8 Å². The molecule has 3 fully saturated rings. The van der Waals surface area contributed by atoms with E-state index in [-0.39, 0.29) is 23.4 Å². The Morgan fingerprint density at radius 1 is 1.18 bits per heavy atom. The van der Waals surface area contributed by atoms with Gasteiger partial charge < -0.3 is 19.7 Å². The molecule has 2 N–H and O–H groups in total. The van der Waals surface area contributed by atoms with E-state index in [1.54, 1.807) is 24.5 Å². The fourth-order valence-electron chi connectivity index (χ4n) is 5.45. The molecule has 0 radical (unpaired) electrons. The van der Waals surface area contributed by atoms with Gasteiger partial charge in [0, 0.05) is 34.3 Å². The number of halogens is 3. The average molecular weight is 472 g/mol. The summed E-state index contributed by atoms with van der Waals surface area (Å²) in [6.45, 7) is 0. The van der Waals surface area contributed by atoms with Gasteiger partial charge in [0.05, 0.1) is 23.7 Å². The number of hydrogen-bond acceptors (Lipinski definition) is 4. The van der Waals surface area contributed by atoms with E-state index in [4.69, 9.17) is 16.3 Å². The minimum absolute atomic E-state index is 0.132. The molecule has 1 aromatic heterocycles. The Bertz CT molecular complexity index is 1270. The van der Waals surface area contributed by atoms with Crippen molar-refractivity contribution >= 4 is 17.5 Å². The number of ether oxygens (including phenoxy) is 1. The molecule has 33 heavy (non-hydrogen) atoms. The number of carbonyl (C=O) groups excluding carboxylic acids is 1. The molecule has 9 heteroatoms. The molecule has 2 heterocycles. The molecule has 3 saturated carbocycles. The number of nitrogens with zero attached hydrogens (tertiary/aromatic N) is 2. The molecule has 170 valence electrons. The lowest BCUT2D eigenvalue weighted by molar-refractivity contribution is -0.161. The molecule has 0 spiro atoms. The van der Waals surface area contributed by atoms with Gasteiger partial charge in [-0.3, -0.25) is 4.79 Å². The zero-order valence-electron chi connectivity index (χ0n) is 17.4. The smallest absolute Gasteiger partial charge is 0.261 e. The van der Waals surface area contributed by atoms with Crippen LogP contribution in [0.3, 0.4) is 0 Å². The third-order valence-electron chi connectivity index (χ3n) is 7.07. The Balaban J connectivity index is 1.11. The van der Waals surface area contributed by atoms with Crippen LogP contribution in [0.2, 0.25) is 5.02 Å². The van der Waals surface area contributed by atoms with Gasteiger partial charge in [0.1, 0.15) is 5.75 Å². The van der Waals surface area contributed by atoms with Gasteiger partial charge in [0.25, 0.3) is 5.91 Å². The van der Waals surface area contributed by atoms with Gasteiger partial charge in [-0.15, -0.1) is 0 Å². The van der Waals surface area contributed by atoms with Crippen LogP contribution < -0.4 is 10.1 Å². The van der Waals surface area contributed by atoms with Crippen LogP contribution in [0.4, 0.5) is 8.78 Å². The lowest BCUT2D eigenvalue weighted by Crippen LogP contribution is -2.79. The van der Waals surface area contributed by atoms with E-state index < -0.39 is 23.8 Å². The first-order valence-electron chi connectivity index (χ1n) is 10.7. The van der Waals surface area contributed by atoms with Crippen LogP contribution in [-0.4, -0.2) is 32.2 Å². The zero-order valence-corrected chi connectivity index (χ0v) is 18.1. The minimum atomic E-state index is -0.907. The molecule has 1 aliphatic heterocycles. The van der Waals surface area contributed by atoms with Crippen molar-refractivity contribution in [3.63, 3.8) is 0 Å². The summed E-state index contributed by atoms with van der Waals surface area (Å²) in [7, 11) is 0. The van der Waals surface area contributed by atoms with Gasteiger partial charge in [-0.05, 0) is 55.7 Å². The standard InChI is InChI=1S/C24H20ClF2N3O3/c25-14-2-4-20-15(6-14)19(31)7-21(33-20)22(32)29-23-9-24(10-23,11-23)30-8-18(28-12-30)13-1-3-16(26)17(27)5-13/h1-6,8,12,19,21,31H,7,9-11H2,(H,29,32). The van der Waals surface area contributed by atoms with E-state index in [2.05, 4.69) is 10.3 Å². The molecule has 3 aromatic rings. The number of imidazole rings is 1. The van der Waals surface area contributed by atoms with Crippen LogP contribution in [0, 0.1) is 11.6 Å². The number of fused-ring (bicyclic) bond motifs is 1. The second kappa shape index (κ2) is 7.01. The number of hydrogen-bond donors (Lipinski definition) is 2. The molecule has 7 rings (SSSR count). The Morgan fingerprint density at radius 2 is 1.97 bits per heavy atom. The molecule has 2 aromatic carbocycles. The number of aromatic nitrogens is 2. The van der Waals surface area contributed by atoms with Crippen LogP contribution in [0.25, 0.3) is 11.3 Å². The van der Waals surface area contributed by atoms with Crippen molar-refractivity contribution in [1.29, 1.82) is 0 Å². The molecule has 6 nitrogen and oxygen atoms in total. The molecule has 2 bridgehead atoms. The average Bonchev–Trinajstić information content (AvgIpc) is 3.21. The molecular formula is C24H20ClF2N3O3. The van der Waals surface area contributed by atoms with Gasteiger partial charge in [-0.2, -0.15) is 0 Å². The van der Waals surface area contributed by atoms with E-state index >= 15 is 0 Å². The van der Waals surface area contributed by atoms with Crippen LogP contribution in [0.15, 0.2) is 48.9 Å². The summed E-state index contributed by atoms with van der Waals surface area (Å²) < 4.78 is 34.6. The van der Waals surface area contributed by atoms with Crippen molar-refractivity contribution in [1.82, 2.24) is 14.9 Å². The highest BCUT2D eigenvalue weighted by Crippen LogP contribution is 2.65. The van der Waals surface area contributed by atoms with Crippen LogP contribution in [-0.2, 0) is 10.3 Å². The van der Waals surface area contributed by atoms with Gasteiger partial charge >= 0.3 is 0 Å². The van der Waals surface area contributed by atoms with E-state index in [0.29, 0.717) is 27.6 Å². The maximum atomic E-state index is 13.6. The summed E-state index contributed by atoms with van der Waals surface area (Å²) in [6.07, 6.45) is 4.36. The van der Waals surface area contributed by atoms with Gasteiger partial charge in [0.15, 0.2) is 17.7 Å². The lowest BCUT2D eigenvalue weighted by Gasteiger charge is -2.70. The fraction of sp³-hybridized carbons (Fsp3) is 0.333. The molecule has 3 aliphatic carbocycles. The quantitative estimate of drug-likeness (QED) is 0.600. The number of rotatable bonds is 4. The van der Waals surface area contributed by atoms with Gasteiger partial charge in [-0.1, -0.05) is 11.6 Å². The van der Waals surface area contributed by atoms with Crippen molar-refractivity contribution in [2.45, 2.75) is 49.0 Å². The summed E-state index contributed by atoms with van der Waals surface area (Å²) in [5.41, 5.74) is 1.25. The molecule has 2 atom stereocenters. The monoisotopic (exact) mass is 471 g/mol. The van der Waals surface area contributed by atoms with Crippen molar-refractivity contribution in [3.05, 3.63) is 71.1 Å². The highest BCUT2D eigenvalue weighted by atomic mass is 35.5. The summed E-state index contributed by atoms with van der Waals surface area (Å²) in [4.78, 5) is 17.2. The van der Waals surface area contributed by atoms with Gasteiger partial charge in [-0.25, -0.2) is 13.8 Å². The number of amides is 1. The minimum Gasteiger partial charge on any atom is -0.480 e. The van der Waals surface area contributed by atoms with Crippen molar-refractivity contribution in [3.8, 4) is 17.0 Å². The van der Waals surface area contributed by atoms with Gasteiger partial charge in [0.2, 0.25) is 0 Å². The number of carbonyl (C=O) groups is 1. The topological polar surface area (TPSA) is 76.4 Å². The summed E-state index contributed by atoms with van der Waals surface area (Å²) in [6, 6.07) is 8.71. The van der Waals surface area contributed by atoms with E-state index in [1.165, 1.54) is 6.07 Å². The second-order valence-corrected chi connectivity index (χ2v) is 9.80. The van der Waals surface area contributed by atoms with E-state index in [0.717, 1.165) is 31.4 Å². The summed E-state index contributed by atoms with van der Waals surface area (Å²) >= 11 is 5.99.